The molecule has 2 aliphatic rings. The lowest BCUT2D eigenvalue weighted by molar-refractivity contribution is 0.192. The molecule has 0 spiro atoms. The Kier molecular flexibility index (Phi) is 3.50. The molecule has 0 saturated carbocycles. The maximum atomic E-state index is 5.97. The third-order valence-electron chi connectivity index (χ3n) is 3.82. The zero-order chi connectivity index (χ0) is 13.2. The number of nitrogens with zero attached hydrogens (tertiary/aromatic N) is 1. The van der Waals surface area contributed by atoms with Crippen LogP contribution in [0.5, 0.6) is 0 Å². The molecule has 0 aliphatic carbocycles. The first-order valence-corrected chi connectivity index (χ1v) is 7.09. The van der Waals surface area contributed by atoms with Crippen LogP contribution in [0.3, 0.4) is 0 Å². The van der Waals surface area contributed by atoms with E-state index >= 15 is 0 Å². The van der Waals surface area contributed by atoms with Crippen molar-refractivity contribution in [3.63, 3.8) is 0 Å². The molecule has 2 nitrogen and oxygen atoms in total. The van der Waals surface area contributed by atoms with Crippen LogP contribution in [-0.4, -0.2) is 30.1 Å². The molecule has 2 aliphatic heterocycles. The zero-order valence-corrected chi connectivity index (χ0v) is 11.7. The number of nitrogens with one attached hydrogen (secondary N) is 1. The van der Waals surface area contributed by atoms with E-state index in [9.17, 15) is 0 Å². The van der Waals surface area contributed by atoms with Gasteiger partial charge in [0.05, 0.1) is 5.70 Å². The third kappa shape index (κ3) is 2.63. The summed E-state index contributed by atoms with van der Waals surface area (Å²) in [5.74, 6) is 6.51. The van der Waals surface area contributed by atoms with Crippen molar-refractivity contribution in [3.05, 3.63) is 46.6 Å². The van der Waals surface area contributed by atoms with Crippen LogP contribution in [-0.2, 0) is 0 Å². The summed E-state index contributed by atoms with van der Waals surface area (Å²) in [4.78, 5) is 2.43. The maximum Gasteiger partial charge on any atom is 0.0847 e. The summed E-state index contributed by atoms with van der Waals surface area (Å²) >= 11 is 5.97. The van der Waals surface area contributed by atoms with E-state index in [1.54, 1.807) is 0 Å². The second-order valence-corrected chi connectivity index (χ2v) is 5.53. The highest BCUT2D eigenvalue weighted by Gasteiger charge is 2.32. The van der Waals surface area contributed by atoms with E-state index in [4.69, 9.17) is 11.6 Å². The van der Waals surface area contributed by atoms with E-state index < -0.39 is 0 Å². The molecule has 2 heterocycles. The van der Waals surface area contributed by atoms with E-state index in [2.05, 4.69) is 35.1 Å². The lowest BCUT2D eigenvalue weighted by atomic mass is 10.1. The van der Waals surface area contributed by atoms with Crippen molar-refractivity contribution in [2.45, 2.75) is 25.4 Å². The summed E-state index contributed by atoms with van der Waals surface area (Å²) < 4.78 is 0. The molecule has 98 valence electrons. The summed E-state index contributed by atoms with van der Waals surface area (Å²) in [6.45, 7) is 4.33. The van der Waals surface area contributed by atoms with Crippen molar-refractivity contribution in [1.82, 2.24) is 10.2 Å². The van der Waals surface area contributed by atoms with Crippen molar-refractivity contribution in [1.29, 1.82) is 0 Å². The number of rotatable bonds is 0. The highest BCUT2D eigenvalue weighted by Crippen LogP contribution is 2.25. The van der Waals surface area contributed by atoms with Crippen molar-refractivity contribution in [2.75, 3.05) is 13.1 Å². The second kappa shape index (κ2) is 5.28. The molecular formula is C16H17ClN2. The number of halogens is 1. The average molecular weight is 273 g/mol. The molecule has 3 rings (SSSR count). The van der Waals surface area contributed by atoms with Crippen LogP contribution in [0, 0.1) is 11.8 Å². The Labute approximate surface area is 119 Å². The van der Waals surface area contributed by atoms with Gasteiger partial charge in [0, 0.05) is 35.8 Å². The van der Waals surface area contributed by atoms with E-state index in [0.717, 1.165) is 30.1 Å². The largest absolute Gasteiger partial charge is 0.359 e. The zero-order valence-electron chi connectivity index (χ0n) is 11.0. The van der Waals surface area contributed by atoms with Crippen LogP contribution in [0.1, 0.15) is 18.9 Å². The fourth-order valence-electron chi connectivity index (χ4n) is 2.79. The first kappa shape index (κ1) is 12.6. The van der Waals surface area contributed by atoms with Crippen LogP contribution in [0.4, 0.5) is 0 Å². The first-order valence-electron chi connectivity index (χ1n) is 6.72. The molecule has 1 N–H and O–H groups in total. The Bertz CT molecular complexity index is 568. The fraction of sp³-hybridized carbons (Fsp3) is 0.375. The molecule has 1 aromatic rings. The Hall–Kier alpha value is -1.43. The van der Waals surface area contributed by atoms with Crippen molar-refractivity contribution in [2.24, 2.45) is 0 Å². The van der Waals surface area contributed by atoms with Gasteiger partial charge in [-0.3, -0.25) is 0 Å². The normalized spacial score (nSPS) is 25.4. The monoisotopic (exact) mass is 272 g/mol. The van der Waals surface area contributed by atoms with Gasteiger partial charge in [-0.1, -0.05) is 29.7 Å². The lowest BCUT2D eigenvalue weighted by Crippen LogP contribution is -2.53. The summed E-state index contributed by atoms with van der Waals surface area (Å²) in [5, 5.41) is 4.25. The molecule has 1 fully saturated rings. The van der Waals surface area contributed by atoms with Crippen molar-refractivity contribution in [3.8, 4) is 11.8 Å². The number of hydrogen-bond acceptors (Lipinski definition) is 2. The maximum absolute atomic E-state index is 5.97. The molecule has 0 aromatic heterocycles. The van der Waals surface area contributed by atoms with Crippen LogP contribution >= 0.6 is 11.6 Å². The summed E-state index contributed by atoms with van der Waals surface area (Å²) in [7, 11) is 0. The summed E-state index contributed by atoms with van der Waals surface area (Å²) in [5.41, 5.74) is 2.14. The quantitative estimate of drug-likeness (QED) is 0.731. The van der Waals surface area contributed by atoms with Gasteiger partial charge >= 0.3 is 0 Å². The highest BCUT2D eigenvalue weighted by atomic mass is 35.5. The van der Waals surface area contributed by atoms with E-state index in [0.29, 0.717) is 12.1 Å². The molecule has 0 bridgehead atoms. The first-order chi connectivity index (χ1) is 9.24. The Balaban J connectivity index is 1.78. The topological polar surface area (TPSA) is 15.3 Å². The van der Waals surface area contributed by atoms with Gasteiger partial charge in [-0.05, 0) is 37.5 Å². The van der Waals surface area contributed by atoms with Gasteiger partial charge in [-0.2, -0.15) is 0 Å². The van der Waals surface area contributed by atoms with E-state index in [1.807, 2.05) is 24.3 Å². The third-order valence-corrected chi connectivity index (χ3v) is 4.05. The molecule has 1 saturated heterocycles. The minimum absolute atomic E-state index is 0.537. The predicted molar refractivity (Wildman–Crippen MR) is 79.0 cm³/mol. The highest BCUT2D eigenvalue weighted by molar-refractivity contribution is 6.30. The number of hydrogen-bond donors (Lipinski definition) is 1. The van der Waals surface area contributed by atoms with Crippen molar-refractivity contribution < 1.29 is 0 Å². The minimum atomic E-state index is 0.537. The SMILES string of the molecule is CC1NCCN2C(C#Cc3cccc(Cl)c3)=CC[C@@H]12. The number of fused-ring (bicyclic) bond motifs is 1. The van der Waals surface area contributed by atoms with Crippen LogP contribution < -0.4 is 5.32 Å². The molecule has 0 amide bonds. The number of allylic oxidation sites excluding steroid dienone is 1. The predicted octanol–water partition coefficient (Wildman–Crippen LogP) is 2.64. The van der Waals surface area contributed by atoms with Crippen LogP contribution in [0.2, 0.25) is 5.02 Å². The van der Waals surface area contributed by atoms with E-state index in [-0.39, 0.29) is 0 Å². The van der Waals surface area contributed by atoms with Crippen LogP contribution in [0.25, 0.3) is 0 Å². The second-order valence-electron chi connectivity index (χ2n) is 5.09. The molecule has 1 aromatic carbocycles. The van der Waals surface area contributed by atoms with Gasteiger partial charge in [0.2, 0.25) is 0 Å². The fourth-order valence-corrected chi connectivity index (χ4v) is 2.98. The molecule has 1 unspecified atom stereocenters. The Morgan fingerprint density at radius 2 is 2.26 bits per heavy atom. The van der Waals surface area contributed by atoms with Gasteiger partial charge in [-0.25, -0.2) is 0 Å². The van der Waals surface area contributed by atoms with Gasteiger partial charge in [0.25, 0.3) is 0 Å². The molecular weight excluding hydrogens is 256 g/mol. The molecule has 2 atom stereocenters. The number of piperazine rings is 1. The Morgan fingerprint density at radius 1 is 1.37 bits per heavy atom. The van der Waals surface area contributed by atoms with Crippen LogP contribution in [0.15, 0.2) is 36.0 Å². The average Bonchev–Trinajstić information content (AvgIpc) is 2.81. The van der Waals surface area contributed by atoms with Gasteiger partial charge in [0.1, 0.15) is 0 Å². The van der Waals surface area contributed by atoms with Crippen molar-refractivity contribution >= 4 is 11.6 Å². The molecule has 0 radical (unpaired) electrons. The molecule has 3 heteroatoms. The van der Waals surface area contributed by atoms with Gasteiger partial charge in [-0.15, -0.1) is 0 Å². The van der Waals surface area contributed by atoms with E-state index in [1.165, 1.54) is 5.70 Å². The summed E-state index contributed by atoms with van der Waals surface area (Å²) in [6.07, 6.45) is 3.35. The lowest BCUT2D eigenvalue weighted by Gasteiger charge is -2.37. The minimum Gasteiger partial charge on any atom is -0.359 e. The standard InChI is InChI=1S/C16H17ClN2/c1-12-16-8-7-15(19(16)10-9-18-12)6-5-13-3-2-4-14(17)11-13/h2-4,7,11-12,16,18H,8-10H2,1H3/t12?,16-/m0/s1. The van der Waals surface area contributed by atoms with Gasteiger partial charge < -0.3 is 10.2 Å². The number of benzene rings is 1. The molecule has 19 heavy (non-hydrogen) atoms. The van der Waals surface area contributed by atoms with Gasteiger partial charge in [0.15, 0.2) is 0 Å². The smallest absolute Gasteiger partial charge is 0.0847 e. The summed E-state index contributed by atoms with van der Waals surface area (Å²) in [6, 6.07) is 8.81. The Morgan fingerprint density at radius 3 is 3.11 bits per heavy atom.